The van der Waals surface area contributed by atoms with Gasteiger partial charge in [-0.15, -0.1) is 0 Å². The highest BCUT2D eigenvalue weighted by Gasteiger charge is 2.24. The van der Waals surface area contributed by atoms with E-state index in [0.717, 1.165) is 5.56 Å². The summed E-state index contributed by atoms with van der Waals surface area (Å²) in [5.41, 5.74) is 1.45. The Morgan fingerprint density at radius 3 is 2.61 bits per heavy atom. The zero-order valence-corrected chi connectivity index (χ0v) is 13.8. The van der Waals surface area contributed by atoms with Gasteiger partial charge in [-0.3, -0.25) is 0 Å². The molecule has 0 aliphatic heterocycles. The molecule has 3 rings (SSSR count). The molecule has 8 heteroatoms. The number of rotatable bonds is 5. The maximum Gasteiger partial charge on any atom is 0.243 e. The molecule has 2 aromatic carbocycles. The molecule has 0 unspecified atom stereocenters. The Morgan fingerprint density at radius 2 is 1.91 bits per heavy atom. The summed E-state index contributed by atoms with van der Waals surface area (Å²) in [4.78, 5) is 0.0451. The third kappa shape index (κ3) is 3.21. The van der Waals surface area contributed by atoms with Gasteiger partial charge in [-0.25, -0.2) is 17.8 Å². The van der Waals surface area contributed by atoms with Crippen LogP contribution in [0.3, 0.4) is 0 Å². The van der Waals surface area contributed by atoms with Gasteiger partial charge in [0.05, 0.1) is 0 Å². The predicted molar refractivity (Wildman–Crippen MR) is 86.6 cm³/mol. The molecule has 0 radical (unpaired) electrons. The molecule has 1 N–H and O–H groups in total. The summed E-state index contributed by atoms with van der Waals surface area (Å²) in [6, 6.07) is 11.4. The molecule has 0 saturated heterocycles. The smallest absolute Gasteiger partial charge is 0.243 e. The highest BCUT2D eigenvalue weighted by atomic mass is 35.5. The molecule has 3 aromatic rings. The predicted octanol–water partition coefficient (Wildman–Crippen LogP) is 3.31. The van der Waals surface area contributed by atoms with Crippen molar-refractivity contribution in [2.45, 2.75) is 24.3 Å². The van der Waals surface area contributed by atoms with Gasteiger partial charge < -0.3 is 0 Å². The Hall–Kier alpha value is -1.96. The van der Waals surface area contributed by atoms with Crippen molar-refractivity contribution in [3.05, 3.63) is 53.1 Å². The summed E-state index contributed by atoms with van der Waals surface area (Å²) in [6.07, 6.45) is 0.591. The molecule has 0 aliphatic carbocycles. The lowest BCUT2D eigenvalue weighted by molar-refractivity contribution is 0.315. The largest absolute Gasteiger partial charge is 0.243 e. The molecule has 0 bridgehead atoms. The summed E-state index contributed by atoms with van der Waals surface area (Å²) < 4.78 is 32.7. The Balaban J connectivity index is 1.96. The van der Waals surface area contributed by atoms with Crippen LogP contribution in [-0.4, -0.2) is 18.7 Å². The zero-order valence-electron chi connectivity index (χ0n) is 12.2. The molecular weight excluding hydrogens is 338 g/mol. The van der Waals surface area contributed by atoms with E-state index in [4.69, 9.17) is 11.6 Å². The number of fused-ring (bicyclic) bond motifs is 1. The fraction of sp³-hybridized carbons (Fsp3) is 0.200. The SMILES string of the molecule is CC[C@@H](NS(=O)(=O)c1cccc2nonc12)c1ccc(Cl)cc1. The van der Waals surface area contributed by atoms with E-state index in [2.05, 4.69) is 19.7 Å². The molecule has 1 aromatic heterocycles. The molecule has 6 nitrogen and oxygen atoms in total. The van der Waals surface area contributed by atoms with Gasteiger partial charge in [0.15, 0.2) is 5.52 Å². The standard InChI is InChI=1S/C15H14ClN3O3S/c1-2-12(10-6-8-11(16)9-7-10)19-23(20,21)14-5-3-4-13-15(14)18-22-17-13/h3-9,12,19H,2H2,1H3/t12-/m1/s1. The monoisotopic (exact) mass is 351 g/mol. The van der Waals surface area contributed by atoms with Gasteiger partial charge in [-0.05, 0) is 46.6 Å². The summed E-state index contributed by atoms with van der Waals surface area (Å²) in [6.45, 7) is 1.90. The molecular formula is C15H14ClN3O3S. The van der Waals surface area contributed by atoms with Crippen molar-refractivity contribution in [2.24, 2.45) is 0 Å². The van der Waals surface area contributed by atoms with Gasteiger partial charge in [-0.2, -0.15) is 0 Å². The van der Waals surface area contributed by atoms with Crippen LogP contribution in [0.4, 0.5) is 0 Å². The lowest BCUT2D eigenvalue weighted by atomic mass is 10.1. The van der Waals surface area contributed by atoms with Crippen LogP contribution in [0.25, 0.3) is 11.0 Å². The number of benzene rings is 2. The molecule has 120 valence electrons. The first-order valence-electron chi connectivity index (χ1n) is 7.00. The molecule has 0 saturated carbocycles. The Bertz CT molecular complexity index is 923. The first-order chi connectivity index (χ1) is 11.0. The molecule has 23 heavy (non-hydrogen) atoms. The van der Waals surface area contributed by atoms with Crippen LogP contribution >= 0.6 is 11.6 Å². The van der Waals surface area contributed by atoms with Crippen molar-refractivity contribution in [2.75, 3.05) is 0 Å². The van der Waals surface area contributed by atoms with Gasteiger partial charge in [0.2, 0.25) is 10.0 Å². The van der Waals surface area contributed by atoms with Crippen LogP contribution in [-0.2, 0) is 10.0 Å². The van der Waals surface area contributed by atoms with E-state index in [-0.39, 0.29) is 16.5 Å². The van der Waals surface area contributed by atoms with E-state index in [1.807, 2.05) is 6.92 Å². The minimum atomic E-state index is -3.77. The highest BCUT2D eigenvalue weighted by molar-refractivity contribution is 7.89. The highest BCUT2D eigenvalue weighted by Crippen LogP contribution is 2.24. The van der Waals surface area contributed by atoms with Crippen molar-refractivity contribution in [1.29, 1.82) is 0 Å². The lowest BCUT2D eigenvalue weighted by Gasteiger charge is -2.17. The Morgan fingerprint density at radius 1 is 1.17 bits per heavy atom. The number of nitrogens with one attached hydrogen (secondary N) is 1. The van der Waals surface area contributed by atoms with E-state index in [1.165, 1.54) is 6.07 Å². The average Bonchev–Trinajstić information content (AvgIpc) is 3.02. The van der Waals surface area contributed by atoms with E-state index in [9.17, 15) is 8.42 Å². The Labute approximate surface area is 138 Å². The van der Waals surface area contributed by atoms with Crippen molar-refractivity contribution in [3.8, 4) is 0 Å². The summed E-state index contributed by atoms with van der Waals surface area (Å²) in [5.74, 6) is 0. The van der Waals surface area contributed by atoms with E-state index in [1.54, 1.807) is 36.4 Å². The van der Waals surface area contributed by atoms with E-state index in [0.29, 0.717) is 17.0 Å². The number of hydrogen-bond acceptors (Lipinski definition) is 5. The summed E-state index contributed by atoms with van der Waals surface area (Å²) >= 11 is 5.88. The van der Waals surface area contributed by atoms with Crippen LogP contribution < -0.4 is 4.72 Å². The maximum atomic E-state index is 12.7. The van der Waals surface area contributed by atoms with E-state index >= 15 is 0 Å². The minimum Gasteiger partial charge on any atom is -0.243 e. The fourth-order valence-corrected chi connectivity index (χ4v) is 3.92. The molecule has 1 atom stereocenters. The molecule has 0 amide bonds. The van der Waals surface area contributed by atoms with Crippen molar-refractivity contribution < 1.29 is 13.0 Å². The first-order valence-corrected chi connectivity index (χ1v) is 8.86. The van der Waals surface area contributed by atoms with Crippen LogP contribution in [0.2, 0.25) is 5.02 Å². The zero-order chi connectivity index (χ0) is 16.4. The van der Waals surface area contributed by atoms with Crippen LogP contribution in [0.5, 0.6) is 0 Å². The van der Waals surface area contributed by atoms with Crippen molar-refractivity contribution in [3.63, 3.8) is 0 Å². The van der Waals surface area contributed by atoms with Gasteiger partial charge in [-0.1, -0.05) is 36.7 Å². The number of halogens is 1. The third-order valence-electron chi connectivity index (χ3n) is 3.52. The van der Waals surface area contributed by atoms with Crippen molar-refractivity contribution >= 4 is 32.7 Å². The van der Waals surface area contributed by atoms with Gasteiger partial charge in [0, 0.05) is 11.1 Å². The third-order valence-corrected chi connectivity index (χ3v) is 5.27. The van der Waals surface area contributed by atoms with Crippen molar-refractivity contribution in [1.82, 2.24) is 15.0 Å². The second kappa shape index (κ2) is 6.27. The topological polar surface area (TPSA) is 85.1 Å². The summed E-state index contributed by atoms with van der Waals surface area (Å²) in [7, 11) is -3.77. The summed E-state index contributed by atoms with van der Waals surface area (Å²) in [5, 5.41) is 7.95. The molecule has 0 aliphatic rings. The Kier molecular flexibility index (Phi) is 4.34. The van der Waals surface area contributed by atoms with Crippen LogP contribution in [0, 0.1) is 0 Å². The number of aromatic nitrogens is 2. The van der Waals surface area contributed by atoms with Gasteiger partial charge >= 0.3 is 0 Å². The number of sulfonamides is 1. The van der Waals surface area contributed by atoms with Crippen LogP contribution in [0.1, 0.15) is 24.9 Å². The normalized spacial score (nSPS) is 13.3. The first kappa shape index (κ1) is 15.9. The minimum absolute atomic E-state index is 0.0451. The molecule has 1 heterocycles. The van der Waals surface area contributed by atoms with E-state index < -0.39 is 10.0 Å². The van der Waals surface area contributed by atoms with Crippen LogP contribution in [0.15, 0.2) is 52.0 Å². The quantitative estimate of drug-likeness (QED) is 0.762. The molecule has 0 spiro atoms. The van der Waals surface area contributed by atoms with Gasteiger partial charge in [0.1, 0.15) is 10.4 Å². The molecule has 0 fully saturated rings. The van der Waals surface area contributed by atoms with Gasteiger partial charge in [0.25, 0.3) is 0 Å². The fourth-order valence-electron chi connectivity index (χ4n) is 2.33. The maximum absolute atomic E-state index is 12.7. The second-order valence-corrected chi connectivity index (χ2v) is 7.14. The average molecular weight is 352 g/mol. The number of nitrogens with zero attached hydrogens (tertiary/aromatic N) is 2. The lowest BCUT2D eigenvalue weighted by Crippen LogP contribution is -2.28. The number of hydrogen-bond donors (Lipinski definition) is 1. The second-order valence-electron chi connectivity index (χ2n) is 5.02.